The van der Waals surface area contributed by atoms with E-state index < -0.39 is 12.1 Å². The van der Waals surface area contributed by atoms with E-state index >= 15 is 0 Å². The van der Waals surface area contributed by atoms with Crippen LogP contribution in [0.5, 0.6) is 5.75 Å². The molecule has 2 fully saturated rings. The molecule has 7 heteroatoms. The molecule has 1 saturated carbocycles. The molecule has 5 nitrogen and oxygen atoms in total. The summed E-state index contributed by atoms with van der Waals surface area (Å²) < 4.78 is 11.2. The summed E-state index contributed by atoms with van der Waals surface area (Å²) in [5, 5.41) is 3.01. The average Bonchev–Trinajstić information content (AvgIpc) is 3.12. The lowest BCUT2D eigenvalue weighted by molar-refractivity contribution is -0.156. The number of benzene rings is 1. The summed E-state index contributed by atoms with van der Waals surface area (Å²) in [7, 11) is 0. The maximum absolute atomic E-state index is 12.3. The number of amides is 1. The van der Waals surface area contributed by atoms with Crippen molar-refractivity contribution in [1.29, 1.82) is 0 Å². The molecule has 0 bridgehead atoms. The van der Waals surface area contributed by atoms with Crippen molar-refractivity contribution in [3.63, 3.8) is 0 Å². The third-order valence-corrected chi connectivity index (χ3v) is 8.11. The highest BCUT2D eigenvalue weighted by Crippen LogP contribution is 2.45. The second-order valence-corrected chi connectivity index (χ2v) is 9.98. The molecule has 1 atom stereocenters. The first-order chi connectivity index (χ1) is 13.6. The van der Waals surface area contributed by atoms with Gasteiger partial charge in [0.2, 0.25) is 0 Å². The minimum absolute atomic E-state index is 0.196. The number of carbonyl (C=O) groups excluding carboxylic acids is 2. The molecule has 1 heterocycles. The van der Waals surface area contributed by atoms with Gasteiger partial charge in [-0.15, -0.1) is 23.5 Å². The van der Waals surface area contributed by atoms with Crippen molar-refractivity contribution in [2.75, 3.05) is 18.1 Å². The first kappa shape index (κ1) is 21.4. The van der Waals surface area contributed by atoms with Crippen LogP contribution in [-0.2, 0) is 14.3 Å². The summed E-state index contributed by atoms with van der Waals surface area (Å²) in [6.07, 6.45) is 5.94. The van der Waals surface area contributed by atoms with Gasteiger partial charge in [0, 0.05) is 17.5 Å². The second kappa shape index (κ2) is 11.0. The van der Waals surface area contributed by atoms with Gasteiger partial charge in [-0.2, -0.15) is 0 Å². The summed E-state index contributed by atoms with van der Waals surface area (Å²) in [5.74, 6) is 2.24. The average molecular weight is 424 g/mol. The Bertz CT molecular complexity index is 638. The Kier molecular flexibility index (Phi) is 8.40. The first-order valence-corrected chi connectivity index (χ1v) is 12.2. The van der Waals surface area contributed by atoms with Gasteiger partial charge in [0.1, 0.15) is 5.75 Å². The second-order valence-electron chi connectivity index (χ2n) is 7.26. The minimum atomic E-state index is -0.807. The van der Waals surface area contributed by atoms with Crippen molar-refractivity contribution in [2.24, 2.45) is 0 Å². The number of esters is 1. The van der Waals surface area contributed by atoms with Crippen molar-refractivity contribution in [3.8, 4) is 5.75 Å². The van der Waals surface area contributed by atoms with Crippen molar-refractivity contribution in [1.82, 2.24) is 5.32 Å². The molecule has 28 heavy (non-hydrogen) atoms. The zero-order valence-electron chi connectivity index (χ0n) is 16.4. The number of ether oxygens (including phenoxy) is 2. The van der Waals surface area contributed by atoms with Crippen LogP contribution in [0.2, 0.25) is 0 Å². The van der Waals surface area contributed by atoms with Gasteiger partial charge in [0.25, 0.3) is 5.91 Å². The van der Waals surface area contributed by atoms with E-state index in [-0.39, 0.29) is 18.6 Å². The molecular formula is C21H29NO4S2. The van der Waals surface area contributed by atoms with E-state index in [1.165, 1.54) is 29.9 Å². The Hall–Kier alpha value is -1.34. The number of hydrogen-bond acceptors (Lipinski definition) is 6. The van der Waals surface area contributed by atoms with Crippen molar-refractivity contribution < 1.29 is 19.1 Å². The van der Waals surface area contributed by atoms with Crippen molar-refractivity contribution in [3.05, 3.63) is 29.8 Å². The molecule has 3 rings (SSSR count). The Balaban J connectivity index is 1.38. The third kappa shape index (κ3) is 6.62. The molecule has 1 saturated heterocycles. The predicted molar refractivity (Wildman–Crippen MR) is 115 cm³/mol. The van der Waals surface area contributed by atoms with Gasteiger partial charge in [-0.25, -0.2) is 4.79 Å². The summed E-state index contributed by atoms with van der Waals surface area (Å²) in [6.45, 7) is 1.41. The predicted octanol–water partition coefficient (Wildman–Crippen LogP) is 4.31. The molecule has 1 aromatic rings. The van der Waals surface area contributed by atoms with Gasteiger partial charge in [-0.1, -0.05) is 37.8 Å². The standard InChI is InChI=1S/C21H29NO4S2/c1-15(20(24)22-17-6-4-2-3-5-7-17)26-19(23)14-25-18-10-8-16(9-11-18)21-27-12-13-28-21/h8-11,15,17,21H,2-7,12-14H2,1H3,(H,22,24)/t15-/m1/s1. The Morgan fingerprint density at radius 1 is 1.07 bits per heavy atom. The number of hydrogen-bond donors (Lipinski definition) is 1. The summed E-state index contributed by atoms with van der Waals surface area (Å²) in [4.78, 5) is 24.3. The summed E-state index contributed by atoms with van der Waals surface area (Å²) in [6, 6.07) is 8.04. The van der Waals surface area contributed by atoms with Crippen molar-refractivity contribution >= 4 is 35.4 Å². The molecule has 1 N–H and O–H groups in total. The highest BCUT2D eigenvalue weighted by Gasteiger charge is 2.22. The Morgan fingerprint density at radius 3 is 2.36 bits per heavy atom. The molecule has 154 valence electrons. The van der Waals surface area contributed by atoms with Gasteiger partial charge in [-0.05, 0) is 37.5 Å². The Labute approximate surface area is 175 Å². The topological polar surface area (TPSA) is 64.6 Å². The zero-order valence-corrected chi connectivity index (χ0v) is 18.0. The SMILES string of the molecule is C[C@@H](OC(=O)COc1ccc(C2SCCS2)cc1)C(=O)NC1CCCCCC1. The number of carbonyl (C=O) groups is 2. The van der Waals surface area contributed by atoms with E-state index in [9.17, 15) is 9.59 Å². The van der Waals surface area contributed by atoms with Crippen molar-refractivity contribution in [2.45, 2.75) is 62.2 Å². The van der Waals surface area contributed by atoms with E-state index in [1.807, 2.05) is 47.8 Å². The monoisotopic (exact) mass is 423 g/mol. The molecule has 1 aliphatic heterocycles. The number of nitrogens with one attached hydrogen (secondary N) is 1. The minimum Gasteiger partial charge on any atom is -0.482 e. The maximum Gasteiger partial charge on any atom is 0.344 e. The van der Waals surface area contributed by atoms with Crippen LogP contribution in [0.3, 0.4) is 0 Å². The van der Waals surface area contributed by atoms with E-state index in [0.717, 1.165) is 25.7 Å². The van der Waals surface area contributed by atoms with E-state index in [1.54, 1.807) is 6.92 Å². The molecule has 1 aromatic carbocycles. The molecule has 0 unspecified atom stereocenters. The van der Waals surface area contributed by atoms with Gasteiger partial charge in [0.05, 0.1) is 4.58 Å². The van der Waals surface area contributed by atoms with E-state index in [2.05, 4.69) is 5.32 Å². The molecular weight excluding hydrogens is 394 g/mol. The fraction of sp³-hybridized carbons (Fsp3) is 0.619. The molecule has 2 aliphatic rings. The molecule has 0 aromatic heterocycles. The number of rotatable bonds is 7. The number of thioether (sulfide) groups is 2. The third-order valence-electron chi connectivity index (χ3n) is 5.01. The lowest BCUT2D eigenvalue weighted by atomic mass is 10.1. The molecule has 0 spiro atoms. The van der Waals surface area contributed by atoms with Gasteiger partial charge < -0.3 is 14.8 Å². The van der Waals surface area contributed by atoms with Gasteiger partial charge >= 0.3 is 5.97 Å². The highest BCUT2D eigenvalue weighted by molar-refractivity contribution is 8.19. The smallest absolute Gasteiger partial charge is 0.344 e. The fourth-order valence-electron chi connectivity index (χ4n) is 3.44. The van der Waals surface area contributed by atoms with E-state index in [4.69, 9.17) is 9.47 Å². The van der Waals surface area contributed by atoms with E-state index in [0.29, 0.717) is 10.3 Å². The summed E-state index contributed by atoms with van der Waals surface area (Å²) in [5.41, 5.74) is 1.27. The lowest BCUT2D eigenvalue weighted by Gasteiger charge is -2.19. The van der Waals surface area contributed by atoms with Crippen LogP contribution < -0.4 is 10.1 Å². The van der Waals surface area contributed by atoms with Crippen LogP contribution in [0.25, 0.3) is 0 Å². The normalized spacial score (nSPS) is 19.6. The quantitative estimate of drug-likeness (QED) is 0.521. The van der Waals surface area contributed by atoms with Gasteiger partial charge in [-0.3, -0.25) is 4.79 Å². The lowest BCUT2D eigenvalue weighted by Crippen LogP contribution is -2.42. The Morgan fingerprint density at radius 2 is 1.71 bits per heavy atom. The zero-order chi connectivity index (χ0) is 19.8. The first-order valence-electron chi connectivity index (χ1n) is 10.1. The van der Waals surface area contributed by atoms with Crippen LogP contribution in [0.15, 0.2) is 24.3 Å². The molecule has 1 aliphatic carbocycles. The maximum atomic E-state index is 12.3. The fourth-order valence-corrected chi connectivity index (χ4v) is 6.30. The highest BCUT2D eigenvalue weighted by atomic mass is 32.2. The van der Waals surface area contributed by atoms with Crippen LogP contribution in [0.1, 0.15) is 55.6 Å². The molecule has 0 radical (unpaired) electrons. The van der Waals surface area contributed by atoms with Gasteiger partial charge in [0.15, 0.2) is 12.7 Å². The molecule has 1 amide bonds. The van der Waals surface area contributed by atoms with Crippen LogP contribution in [0, 0.1) is 0 Å². The van der Waals surface area contributed by atoms with Crippen LogP contribution >= 0.6 is 23.5 Å². The van der Waals surface area contributed by atoms with Crippen LogP contribution in [-0.4, -0.2) is 42.1 Å². The summed E-state index contributed by atoms with van der Waals surface area (Å²) >= 11 is 3.91. The largest absolute Gasteiger partial charge is 0.482 e. The van der Waals surface area contributed by atoms with Crippen LogP contribution in [0.4, 0.5) is 0 Å².